The van der Waals surface area contributed by atoms with Crippen LogP contribution in [0.4, 0.5) is 0 Å². The summed E-state index contributed by atoms with van der Waals surface area (Å²) in [6, 6.07) is 9.93. The van der Waals surface area contributed by atoms with Crippen molar-refractivity contribution in [3.63, 3.8) is 0 Å². The van der Waals surface area contributed by atoms with Gasteiger partial charge in [0.15, 0.2) is 11.6 Å². The predicted octanol–water partition coefficient (Wildman–Crippen LogP) is 3.03. The fraction of sp³-hybridized carbons (Fsp3) is 0.267. The van der Waals surface area contributed by atoms with Crippen molar-refractivity contribution in [1.29, 1.82) is 0 Å². The Morgan fingerprint density at radius 2 is 2.05 bits per heavy atom. The van der Waals surface area contributed by atoms with Crippen LogP contribution in [0.2, 0.25) is 0 Å². The normalized spacial score (nSPS) is 12.2. The molecular weight excluding hydrogens is 238 g/mol. The second-order valence-corrected chi connectivity index (χ2v) is 5.40. The van der Waals surface area contributed by atoms with Gasteiger partial charge in [-0.25, -0.2) is 4.98 Å². The minimum absolute atomic E-state index is 0.365. The van der Waals surface area contributed by atoms with Gasteiger partial charge in [-0.2, -0.15) is 0 Å². The first-order chi connectivity index (χ1) is 8.97. The van der Waals surface area contributed by atoms with Crippen molar-refractivity contribution in [3.05, 3.63) is 42.2 Å². The maximum absolute atomic E-state index is 6.13. The van der Waals surface area contributed by atoms with E-state index in [2.05, 4.69) is 17.1 Å². The van der Waals surface area contributed by atoms with Gasteiger partial charge in [0, 0.05) is 12.6 Å². The van der Waals surface area contributed by atoms with E-state index in [1.165, 1.54) is 0 Å². The maximum Gasteiger partial charge on any atom is 0.176 e. The smallest absolute Gasteiger partial charge is 0.176 e. The molecule has 0 bridgehead atoms. The molecule has 0 aliphatic heterocycles. The van der Waals surface area contributed by atoms with Crippen molar-refractivity contribution >= 4 is 11.0 Å². The maximum atomic E-state index is 6.13. The van der Waals surface area contributed by atoms with Gasteiger partial charge in [-0.1, -0.05) is 6.07 Å². The molecule has 0 amide bonds. The lowest BCUT2D eigenvalue weighted by atomic mass is 9.95. The minimum Gasteiger partial charge on any atom is -0.461 e. The van der Waals surface area contributed by atoms with Gasteiger partial charge in [0.05, 0.1) is 17.3 Å². The van der Waals surface area contributed by atoms with E-state index in [4.69, 9.17) is 10.2 Å². The molecule has 0 saturated carbocycles. The Kier molecular flexibility index (Phi) is 2.50. The molecule has 0 atom stereocenters. The number of imidazole rings is 1. The van der Waals surface area contributed by atoms with Crippen LogP contribution in [0.5, 0.6) is 0 Å². The Labute approximate surface area is 111 Å². The van der Waals surface area contributed by atoms with Gasteiger partial charge >= 0.3 is 0 Å². The summed E-state index contributed by atoms with van der Waals surface area (Å²) < 4.78 is 7.45. The first-order valence-electron chi connectivity index (χ1n) is 6.26. The molecule has 2 aromatic heterocycles. The summed E-state index contributed by atoms with van der Waals surface area (Å²) in [5.74, 6) is 1.60. The number of nitrogens with zero attached hydrogens (tertiary/aromatic N) is 2. The average molecular weight is 255 g/mol. The van der Waals surface area contributed by atoms with Crippen LogP contribution < -0.4 is 5.73 Å². The summed E-state index contributed by atoms with van der Waals surface area (Å²) in [7, 11) is 1.99. The van der Waals surface area contributed by atoms with E-state index >= 15 is 0 Å². The summed E-state index contributed by atoms with van der Waals surface area (Å²) >= 11 is 0. The Hall–Kier alpha value is -2.07. The fourth-order valence-electron chi connectivity index (χ4n) is 2.23. The third kappa shape index (κ3) is 1.94. The standard InChI is InChI=1S/C15H17N3O/c1-15(2,16)10-6-7-12-11(9-10)17-14(18(12)3)13-5-4-8-19-13/h4-9H,16H2,1-3H3. The topological polar surface area (TPSA) is 57.0 Å². The van der Waals surface area contributed by atoms with Crippen LogP contribution in [0.25, 0.3) is 22.6 Å². The lowest BCUT2D eigenvalue weighted by Crippen LogP contribution is -2.28. The minimum atomic E-state index is -0.365. The number of aromatic nitrogens is 2. The van der Waals surface area contributed by atoms with Gasteiger partial charge in [0.2, 0.25) is 0 Å². The number of benzene rings is 1. The zero-order valence-corrected chi connectivity index (χ0v) is 11.3. The van der Waals surface area contributed by atoms with Gasteiger partial charge < -0.3 is 14.7 Å². The van der Waals surface area contributed by atoms with E-state index < -0.39 is 0 Å². The largest absolute Gasteiger partial charge is 0.461 e. The lowest BCUT2D eigenvalue weighted by molar-refractivity contribution is 0.555. The third-order valence-electron chi connectivity index (χ3n) is 3.37. The highest BCUT2D eigenvalue weighted by Crippen LogP contribution is 2.27. The van der Waals surface area contributed by atoms with E-state index in [-0.39, 0.29) is 5.54 Å². The van der Waals surface area contributed by atoms with Crippen LogP contribution in [0.15, 0.2) is 41.0 Å². The van der Waals surface area contributed by atoms with Gasteiger partial charge in [-0.05, 0) is 43.7 Å². The van der Waals surface area contributed by atoms with Crippen LogP contribution in [-0.2, 0) is 12.6 Å². The van der Waals surface area contributed by atoms with Crippen molar-refractivity contribution < 1.29 is 4.42 Å². The van der Waals surface area contributed by atoms with Gasteiger partial charge in [-0.3, -0.25) is 0 Å². The monoisotopic (exact) mass is 255 g/mol. The number of furan rings is 1. The molecule has 0 fully saturated rings. The predicted molar refractivity (Wildman–Crippen MR) is 75.6 cm³/mol. The van der Waals surface area contributed by atoms with Gasteiger partial charge in [-0.15, -0.1) is 0 Å². The number of hydrogen-bond acceptors (Lipinski definition) is 3. The van der Waals surface area contributed by atoms with Crippen molar-refractivity contribution in [3.8, 4) is 11.6 Å². The molecule has 1 aromatic carbocycles. The molecule has 4 heteroatoms. The molecule has 19 heavy (non-hydrogen) atoms. The molecule has 0 unspecified atom stereocenters. The fourth-order valence-corrected chi connectivity index (χ4v) is 2.23. The second kappa shape index (κ2) is 3.96. The molecule has 2 heterocycles. The number of fused-ring (bicyclic) bond motifs is 1. The quantitative estimate of drug-likeness (QED) is 0.765. The molecular formula is C15H17N3O. The van der Waals surface area contributed by atoms with E-state index in [0.29, 0.717) is 0 Å². The Morgan fingerprint density at radius 3 is 2.68 bits per heavy atom. The van der Waals surface area contributed by atoms with Gasteiger partial charge in [0.1, 0.15) is 0 Å². The Morgan fingerprint density at radius 1 is 1.26 bits per heavy atom. The molecule has 0 radical (unpaired) electrons. The molecule has 3 rings (SSSR count). The Bertz CT molecular complexity index is 718. The van der Waals surface area contributed by atoms with Crippen LogP contribution in [0.3, 0.4) is 0 Å². The molecule has 0 spiro atoms. The zero-order chi connectivity index (χ0) is 13.6. The number of nitrogens with two attached hydrogens (primary N) is 1. The van der Waals surface area contributed by atoms with E-state index in [0.717, 1.165) is 28.2 Å². The summed E-state index contributed by atoms with van der Waals surface area (Å²) in [6.07, 6.45) is 1.66. The summed E-state index contributed by atoms with van der Waals surface area (Å²) in [4.78, 5) is 4.64. The molecule has 4 nitrogen and oxygen atoms in total. The summed E-state index contributed by atoms with van der Waals surface area (Å²) in [6.45, 7) is 3.98. The first-order valence-corrected chi connectivity index (χ1v) is 6.26. The molecule has 0 aliphatic carbocycles. The summed E-state index contributed by atoms with van der Waals surface area (Å²) in [5, 5.41) is 0. The third-order valence-corrected chi connectivity index (χ3v) is 3.37. The van der Waals surface area contributed by atoms with Crippen molar-refractivity contribution in [2.24, 2.45) is 12.8 Å². The zero-order valence-electron chi connectivity index (χ0n) is 11.3. The summed E-state index contributed by atoms with van der Waals surface area (Å²) in [5.41, 5.74) is 8.85. The van der Waals surface area contributed by atoms with E-state index in [1.807, 2.05) is 43.7 Å². The molecule has 0 saturated heterocycles. The highest BCUT2D eigenvalue weighted by atomic mass is 16.3. The molecule has 0 aliphatic rings. The highest BCUT2D eigenvalue weighted by Gasteiger charge is 2.17. The molecule has 2 N–H and O–H groups in total. The number of aryl methyl sites for hydroxylation is 1. The van der Waals surface area contributed by atoms with Crippen molar-refractivity contribution in [2.75, 3.05) is 0 Å². The van der Waals surface area contributed by atoms with Crippen LogP contribution in [-0.4, -0.2) is 9.55 Å². The first kappa shape index (κ1) is 12.0. The average Bonchev–Trinajstić information content (AvgIpc) is 2.96. The molecule has 98 valence electrons. The van der Waals surface area contributed by atoms with Crippen LogP contribution >= 0.6 is 0 Å². The highest BCUT2D eigenvalue weighted by molar-refractivity contribution is 5.80. The van der Waals surface area contributed by atoms with E-state index in [1.54, 1.807) is 6.26 Å². The van der Waals surface area contributed by atoms with Crippen molar-refractivity contribution in [1.82, 2.24) is 9.55 Å². The number of hydrogen-bond donors (Lipinski definition) is 1. The SMILES string of the molecule is Cn1c(-c2ccco2)nc2cc(C(C)(C)N)ccc21. The van der Waals surface area contributed by atoms with Crippen molar-refractivity contribution in [2.45, 2.75) is 19.4 Å². The number of rotatable bonds is 2. The van der Waals surface area contributed by atoms with E-state index in [9.17, 15) is 0 Å². The molecule has 3 aromatic rings. The van der Waals surface area contributed by atoms with Crippen LogP contribution in [0.1, 0.15) is 19.4 Å². The van der Waals surface area contributed by atoms with Gasteiger partial charge in [0.25, 0.3) is 0 Å². The Balaban J connectivity index is 2.21. The lowest BCUT2D eigenvalue weighted by Gasteiger charge is -2.18. The second-order valence-electron chi connectivity index (χ2n) is 5.40. The van der Waals surface area contributed by atoms with Crippen LogP contribution in [0, 0.1) is 0 Å².